The van der Waals surface area contributed by atoms with Gasteiger partial charge in [-0.05, 0) is 18.9 Å². The van der Waals surface area contributed by atoms with Crippen molar-refractivity contribution >= 4 is 35.0 Å². The second-order valence-electron chi connectivity index (χ2n) is 8.16. The van der Waals surface area contributed by atoms with Crippen LogP contribution in [-0.4, -0.2) is 45.7 Å². The number of amides is 2. The molecule has 0 radical (unpaired) electrons. The Morgan fingerprint density at radius 3 is 2.75 bits per heavy atom. The number of carbonyl (C=O) groups excluding carboxylic acids is 2. The molecule has 1 aliphatic heterocycles. The lowest BCUT2D eigenvalue weighted by atomic mass is 9.99. The number of rotatable bonds is 5. The maximum atomic E-state index is 12.5. The van der Waals surface area contributed by atoms with Crippen molar-refractivity contribution in [2.75, 3.05) is 29.6 Å². The van der Waals surface area contributed by atoms with Crippen LogP contribution in [0.4, 0.5) is 23.1 Å². The number of nitrogens with zero attached hydrogens (tertiary/aromatic N) is 5. The molecule has 0 saturated heterocycles. The summed E-state index contributed by atoms with van der Waals surface area (Å²) < 4.78 is 1.82. The van der Waals surface area contributed by atoms with Gasteiger partial charge in [0.1, 0.15) is 11.4 Å². The Labute approximate surface area is 185 Å². The second-order valence-corrected chi connectivity index (χ2v) is 8.16. The van der Waals surface area contributed by atoms with Gasteiger partial charge in [0.15, 0.2) is 0 Å². The first-order valence-electron chi connectivity index (χ1n) is 10.5. The summed E-state index contributed by atoms with van der Waals surface area (Å²) in [5, 5.41) is 13.3. The van der Waals surface area contributed by atoms with Crippen molar-refractivity contribution in [1.82, 2.24) is 25.1 Å². The van der Waals surface area contributed by atoms with Gasteiger partial charge in [-0.1, -0.05) is 12.1 Å². The molecule has 0 spiro atoms. The van der Waals surface area contributed by atoms with Crippen LogP contribution in [0.5, 0.6) is 0 Å². The first-order chi connectivity index (χ1) is 15.4. The number of nitrogens with one attached hydrogen (secondary N) is 3. The summed E-state index contributed by atoms with van der Waals surface area (Å²) >= 11 is 0. The van der Waals surface area contributed by atoms with E-state index < -0.39 is 0 Å². The van der Waals surface area contributed by atoms with E-state index in [4.69, 9.17) is 0 Å². The van der Waals surface area contributed by atoms with E-state index in [9.17, 15) is 9.59 Å². The molecule has 1 aromatic carbocycles. The molecule has 3 aromatic rings. The molecular weight excluding hydrogens is 408 g/mol. The molecule has 164 valence electrons. The Morgan fingerprint density at radius 2 is 2.00 bits per heavy atom. The zero-order valence-electron chi connectivity index (χ0n) is 18.1. The highest BCUT2D eigenvalue weighted by Gasteiger charge is 2.30. The predicted octanol–water partition coefficient (Wildman–Crippen LogP) is 2.28. The van der Waals surface area contributed by atoms with Crippen molar-refractivity contribution in [3.63, 3.8) is 0 Å². The standard InChI is InChI=1S/C22H24N8O2/c1-23-21(32)15-9-24-22(27-20(31)12-7-8-12)26-19(15)25-16-6-4-5-14-17-13(11-30(3)28-17)10-29(2)18(14)16/h4-6,9,11-12H,7-8,10H2,1-3H3,(H,23,32)(H2,24,25,26,27,31). The van der Waals surface area contributed by atoms with Gasteiger partial charge in [-0.25, -0.2) is 4.98 Å². The average molecular weight is 432 g/mol. The molecule has 3 N–H and O–H groups in total. The molecule has 2 aliphatic rings. The minimum Gasteiger partial charge on any atom is -0.368 e. The summed E-state index contributed by atoms with van der Waals surface area (Å²) in [6.07, 6.45) is 5.21. The van der Waals surface area contributed by atoms with Crippen LogP contribution >= 0.6 is 0 Å². The lowest BCUT2D eigenvalue weighted by molar-refractivity contribution is -0.117. The van der Waals surface area contributed by atoms with E-state index in [1.54, 1.807) is 7.05 Å². The Bertz CT molecular complexity index is 1230. The number of hydrogen-bond donors (Lipinski definition) is 3. The van der Waals surface area contributed by atoms with Gasteiger partial charge in [-0.3, -0.25) is 19.6 Å². The van der Waals surface area contributed by atoms with Crippen molar-refractivity contribution in [2.45, 2.75) is 19.4 Å². The molecule has 1 saturated carbocycles. The van der Waals surface area contributed by atoms with Crippen LogP contribution in [-0.2, 0) is 18.4 Å². The Balaban J connectivity index is 1.55. The first-order valence-corrected chi connectivity index (χ1v) is 10.5. The predicted molar refractivity (Wildman–Crippen MR) is 121 cm³/mol. The number of fused-ring (bicyclic) bond motifs is 3. The summed E-state index contributed by atoms with van der Waals surface area (Å²) in [7, 11) is 5.48. The third-order valence-corrected chi connectivity index (χ3v) is 5.68. The smallest absolute Gasteiger partial charge is 0.256 e. The fourth-order valence-electron chi connectivity index (χ4n) is 3.98. The van der Waals surface area contributed by atoms with Crippen molar-refractivity contribution in [3.05, 3.63) is 41.7 Å². The minimum absolute atomic E-state index is 0.0241. The largest absolute Gasteiger partial charge is 0.368 e. The van der Waals surface area contributed by atoms with E-state index in [-0.39, 0.29) is 29.2 Å². The highest BCUT2D eigenvalue weighted by Crippen LogP contribution is 2.43. The molecule has 1 fully saturated rings. The van der Waals surface area contributed by atoms with Crippen LogP contribution in [0.25, 0.3) is 11.3 Å². The molecule has 2 aromatic heterocycles. The highest BCUT2D eigenvalue weighted by atomic mass is 16.2. The zero-order chi connectivity index (χ0) is 22.4. The van der Waals surface area contributed by atoms with E-state index in [0.29, 0.717) is 12.4 Å². The molecular formula is C22H24N8O2. The Hall–Kier alpha value is -3.95. The number of para-hydroxylation sites is 1. The third kappa shape index (κ3) is 3.53. The van der Waals surface area contributed by atoms with E-state index in [1.165, 1.54) is 6.20 Å². The van der Waals surface area contributed by atoms with Crippen LogP contribution in [0.1, 0.15) is 28.8 Å². The van der Waals surface area contributed by atoms with Gasteiger partial charge in [-0.2, -0.15) is 10.1 Å². The molecule has 2 amide bonds. The maximum absolute atomic E-state index is 12.5. The van der Waals surface area contributed by atoms with Gasteiger partial charge >= 0.3 is 0 Å². The van der Waals surface area contributed by atoms with E-state index in [2.05, 4.69) is 35.9 Å². The van der Waals surface area contributed by atoms with E-state index in [0.717, 1.165) is 41.0 Å². The number of benzene rings is 1. The Morgan fingerprint density at radius 1 is 1.19 bits per heavy atom. The maximum Gasteiger partial charge on any atom is 0.256 e. The first kappa shape index (κ1) is 20.0. The highest BCUT2D eigenvalue weighted by molar-refractivity contribution is 6.01. The van der Waals surface area contributed by atoms with Crippen molar-refractivity contribution < 1.29 is 9.59 Å². The van der Waals surface area contributed by atoms with Crippen LogP contribution in [0.2, 0.25) is 0 Å². The van der Waals surface area contributed by atoms with Gasteiger partial charge in [-0.15, -0.1) is 0 Å². The SMILES string of the molecule is CNC(=O)c1cnc(NC(=O)C2CC2)nc1Nc1cccc2c1N(C)Cc1cn(C)nc1-2. The van der Waals surface area contributed by atoms with Crippen molar-refractivity contribution in [1.29, 1.82) is 0 Å². The molecule has 32 heavy (non-hydrogen) atoms. The molecule has 10 nitrogen and oxygen atoms in total. The number of aryl methyl sites for hydroxylation is 1. The lowest BCUT2D eigenvalue weighted by Crippen LogP contribution is -2.24. The summed E-state index contributed by atoms with van der Waals surface area (Å²) in [6, 6.07) is 5.90. The average Bonchev–Trinajstić information content (AvgIpc) is 3.56. The fraction of sp³-hybridized carbons (Fsp3) is 0.318. The van der Waals surface area contributed by atoms with Gasteiger partial charge in [0.2, 0.25) is 11.9 Å². The summed E-state index contributed by atoms with van der Waals surface area (Å²) in [5.74, 6) is 0.0955. The van der Waals surface area contributed by atoms with Gasteiger partial charge in [0.25, 0.3) is 5.91 Å². The normalized spacial score (nSPS) is 14.4. The number of hydrogen-bond acceptors (Lipinski definition) is 7. The number of carbonyl (C=O) groups is 2. The van der Waals surface area contributed by atoms with E-state index in [1.807, 2.05) is 43.2 Å². The molecule has 0 bridgehead atoms. The molecule has 5 rings (SSSR count). The van der Waals surface area contributed by atoms with Crippen LogP contribution < -0.4 is 20.9 Å². The van der Waals surface area contributed by atoms with Crippen molar-refractivity contribution in [3.8, 4) is 11.3 Å². The fourth-order valence-corrected chi connectivity index (χ4v) is 3.98. The summed E-state index contributed by atoms with van der Waals surface area (Å²) in [6.45, 7) is 0.712. The number of aromatic nitrogens is 4. The van der Waals surface area contributed by atoms with Crippen LogP contribution in [0.3, 0.4) is 0 Å². The van der Waals surface area contributed by atoms with E-state index >= 15 is 0 Å². The second kappa shape index (κ2) is 7.63. The molecule has 3 heterocycles. The van der Waals surface area contributed by atoms with Gasteiger partial charge in [0.05, 0.1) is 17.1 Å². The van der Waals surface area contributed by atoms with Gasteiger partial charge in [0, 0.05) is 57.1 Å². The van der Waals surface area contributed by atoms with Crippen molar-refractivity contribution in [2.24, 2.45) is 13.0 Å². The van der Waals surface area contributed by atoms with Crippen LogP contribution in [0.15, 0.2) is 30.6 Å². The lowest BCUT2D eigenvalue weighted by Gasteiger charge is -2.29. The topological polar surface area (TPSA) is 117 Å². The zero-order valence-corrected chi connectivity index (χ0v) is 18.1. The Kier molecular flexibility index (Phi) is 4.76. The van der Waals surface area contributed by atoms with Crippen LogP contribution in [0, 0.1) is 5.92 Å². The monoisotopic (exact) mass is 432 g/mol. The summed E-state index contributed by atoms with van der Waals surface area (Å²) in [5.41, 5.74) is 5.12. The summed E-state index contributed by atoms with van der Waals surface area (Å²) in [4.78, 5) is 35.4. The molecule has 1 aliphatic carbocycles. The van der Waals surface area contributed by atoms with Gasteiger partial charge < -0.3 is 15.5 Å². The number of anilines is 4. The third-order valence-electron chi connectivity index (χ3n) is 5.68. The molecule has 0 unspecified atom stereocenters. The minimum atomic E-state index is -0.322. The molecule has 0 atom stereocenters. The molecule has 10 heteroatoms. The quantitative estimate of drug-likeness (QED) is 0.566.